The molecule has 3 nitrogen and oxygen atoms in total. The van der Waals surface area contributed by atoms with E-state index in [4.69, 9.17) is 5.21 Å². The van der Waals surface area contributed by atoms with E-state index in [1.54, 1.807) is 6.92 Å². The Bertz CT molecular complexity index is 286. The lowest BCUT2D eigenvalue weighted by Crippen LogP contribution is -1.93. The monoisotopic (exact) mass is 154 g/mol. The van der Waals surface area contributed by atoms with Crippen molar-refractivity contribution < 1.29 is 9.60 Å². The molecule has 4 heteroatoms. The van der Waals surface area contributed by atoms with Crippen LogP contribution < -0.4 is 0 Å². The fourth-order valence-corrected chi connectivity index (χ4v) is 0.730. The molecule has 0 saturated carbocycles. The molecule has 0 bridgehead atoms. The van der Waals surface area contributed by atoms with Crippen LogP contribution in [0, 0.1) is 12.7 Å². The number of halogens is 1. The second kappa shape index (κ2) is 3.09. The molecule has 0 aliphatic rings. The van der Waals surface area contributed by atoms with Crippen molar-refractivity contribution in [2.24, 2.45) is 5.16 Å². The van der Waals surface area contributed by atoms with Crippen LogP contribution in [0.1, 0.15) is 11.3 Å². The Labute approximate surface area is 63.2 Å². The first-order valence-corrected chi connectivity index (χ1v) is 3.04. The van der Waals surface area contributed by atoms with Crippen LogP contribution in [0.3, 0.4) is 0 Å². The molecule has 11 heavy (non-hydrogen) atoms. The average molecular weight is 154 g/mol. The third-order valence-electron chi connectivity index (χ3n) is 1.29. The molecular formula is C7H7FN2O. The molecule has 1 heterocycles. The fraction of sp³-hybridized carbons (Fsp3) is 0.143. The van der Waals surface area contributed by atoms with Gasteiger partial charge in [0.05, 0.1) is 11.9 Å². The minimum absolute atomic E-state index is 0.236. The lowest BCUT2D eigenvalue weighted by Gasteiger charge is -1.96. The van der Waals surface area contributed by atoms with E-state index in [2.05, 4.69) is 10.1 Å². The van der Waals surface area contributed by atoms with Crippen LogP contribution in [0.15, 0.2) is 17.4 Å². The van der Waals surface area contributed by atoms with Gasteiger partial charge in [0.15, 0.2) is 5.82 Å². The van der Waals surface area contributed by atoms with Gasteiger partial charge in [-0.1, -0.05) is 5.16 Å². The van der Waals surface area contributed by atoms with Crippen LogP contribution in [0.4, 0.5) is 4.39 Å². The predicted octanol–water partition coefficient (Wildman–Crippen LogP) is 1.34. The molecule has 0 aliphatic carbocycles. The van der Waals surface area contributed by atoms with Crippen molar-refractivity contribution in [3.63, 3.8) is 0 Å². The van der Waals surface area contributed by atoms with Gasteiger partial charge in [0.1, 0.15) is 0 Å². The van der Waals surface area contributed by atoms with Crippen molar-refractivity contribution in [2.45, 2.75) is 6.92 Å². The van der Waals surface area contributed by atoms with Crippen LogP contribution in [-0.2, 0) is 0 Å². The maximum absolute atomic E-state index is 12.9. The van der Waals surface area contributed by atoms with Gasteiger partial charge in [0.25, 0.3) is 0 Å². The number of aryl methyl sites for hydroxylation is 1. The van der Waals surface area contributed by atoms with Crippen LogP contribution in [0.2, 0.25) is 0 Å². The molecule has 1 N–H and O–H groups in total. The summed E-state index contributed by atoms with van der Waals surface area (Å²) in [5.74, 6) is -0.453. The number of hydrogen-bond donors (Lipinski definition) is 1. The van der Waals surface area contributed by atoms with Crippen molar-refractivity contribution >= 4 is 6.21 Å². The number of pyridine rings is 1. The smallest absolute Gasteiger partial charge is 0.153 e. The highest BCUT2D eigenvalue weighted by molar-refractivity contribution is 5.79. The van der Waals surface area contributed by atoms with Crippen LogP contribution in [0.25, 0.3) is 0 Å². The number of hydrogen-bond acceptors (Lipinski definition) is 3. The first kappa shape index (κ1) is 7.65. The molecule has 1 aromatic rings. The molecule has 1 aromatic heterocycles. The highest BCUT2D eigenvalue weighted by Crippen LogP contribution is 2.06. The number of aromatic nitrogens is 1. The number of nitrogens with zero attached hydrogens (tertiary/aromatic N) is 2. The minimum Gasteiger partial charge on any atom is -0.411 e. The van der Waals surface area contributed by atoms with Gasteiger partial charge < -0.3 is 5.21 Å². The molecule has 0 atom stereocenters. The number of oxime groups is 1. The first-order valence-electron chi connectivity index (χ1n) is 3.04. The summed E-state index contributed by atoms with van der Waals surface area (Å²) < 4.78 is 12.9. The lowest BCUT2D eigenvalue weighted by atomic mass is 10.2. The molecule has 0 spiro atoms. The van der Waals surface area contributed by atoms with Crippen molar-refractivity contribution in [2.75, 3.05) is 0 Å². The van der Waals surface area contributed by atoms with E-state index in [1.165, 1.54) is 12.3 Å². The molecule has 58 valence electrons. The van der Waals surface area contributed by atoms with Crippen LogP contribution >= 0.6 is 0 Å². The molecule has 0 saturated heterocycles. The summed E-state index contributed by atoms with van der Waals surface area (Å²) >= 11 is 0. The molecule has 0 aromatic carbocycles. The van der Waals surface area contributed by atoms with E-state index < -0.39 is 5.82 Å². The van der Waals surface area contributed by atoms with E-state index in [0.717, 1.165) is 6.21 Å². The Balaban J connectivity index is 3.16. The summed E-state index contributed by atoms with van der Waals surface area (Å²) in [7, 11) is 0. The standard InChI is InChI=1S/C7H7FN2O/c1-5-7(8)6(4-10-11)2-3-9-5/h2-4,11H,1H3/b10-4+. The second-order valence-electron chi connectivity index (χ2n) is 2.04. The average Bonchev–Trinajstić information content (AvgIpc) is 1.99. The highest BCUT2D eigenvalue weighted by Gasteiger charge is 2.02. The minimum atomic E-state index is -0.453. The molecule has 0 fully saturated rings. The van der Waals surface area contributed by atoms with Crippen LogP contribution in [-0.4, -0.2) is 16.4 Å². The maximum atomic E-state index is 12.9. The maximum Gasteiger partial charge on any atom is 0.153 e. The SMILES string of the molecule is Cc1nccc(/C=N/O)c1F. The van der Waals surface area contributed by atoms with Crippen molar-refractivity contribution in [1.29, 1.82) is 0 Å². The Morgan fingerprint density at radius 2 is 2.45 bits per heavy atom. The first-order chi connectivity index (χ1) is 5.25. The molecule has 1 rings (SSSR count). The van der Waals surface area contributed by atoms with Gasteiger partial charge >= 0.3 is 0 Å². The Morgan fingerprint density at radius 1 is 1.73 bits per heavy atom. The predicted molar refractivity (Wildman–Crippen MR) is 38.3 cm³/mol. The third kappa shape index (κ3) is 1.52. The quantitative estimate of drug-likeness (QED) is 0.377. The zero-order valence-electron chi connectivity index (χ0n) is 5.95. The van der Waals surface area contributed by atoms with Gasteiger partial charge in [-0.25, -0.2) is 4.39 Å². The van der Waals surface area contributed by atoms with E-state index in [0.29, 0.717) is 5.69 Å². The lowest BCUT2D eigenvalue weighted by molar-refractivity contribution is 0.321. The molecule has 0 radical (unpaired) electrons. The molecule has 0 aliphatic heterocycles. The molecule has 0 amide bonds. The summed E-state index contributed by atoms with van der Waals surface area (Å²) in [5.41, 5.74) is 0.530. The van der Waals surface area contributed by atoms with E-state index >= 15 is 0 Å². The Hall–Kier alpha value is -1.45. The van der Waals surface area contributed by atoms with Gasteiger partial charge in [-0.15, -0.1) is 0 Å². The summed E-state index contributed by atoms with van der Waals surface area (Å²) in [6.45, 7) is 1.55. The van der Waals surface area contributed by atoms with E-state index in [1.807, 2.05) is 0 Å². The fourth-order valence-electron chi connectivity index (χ4n) is 0.730. The summed E-state index contributed by atoms with van der Waals surface area (Å²) in [4.78, 5) is 3.70. The summed E-state index contributed by atoms with van der Waals surface area (Å²) in [6.07, 6.45) is 2.49. The van der Waals surface area contributed by atoms with Gasteiger partial charge in [-0.3, -0.25) is 4.98 Å². The van der Waals surface area contributed by atoms with Gasteiger partial charge in [-0.05, 0) is 13.0 Å². The zero-order valence-corrected chi connectivity index (χ0v) is 5.95. The van der Waals surface area contributed by atoms with Crippen LogP contribution in [0.5, 0.6) is 0 Å². The third-order valence-corrected chi connectivity index (χ3v) is 1.29. The van der Waals surface area contributed by atoms with Crippen molar-refractivity contribution in [3.8, 4) is 0 Å². The highest BCUT2D eigenvalue weighted by atomic mass is 19.1. The number of rotatable bonds is 1. The second-order valence-corrected chi connectivity index (χ2v) is 2.04. The molecular weight excluding hydrogens is 147 g/mol. The summed E-state index contributed by atoms with van der Waals surface area (Å²) in [5, 5.41) is 10.8. The molecule has 0 unspecified atom stereocenters. The summed E-state index contributed by atoms with van der Waals surface area (Å²) in [6, 6.07) is 1.43. The Kier molecular flexibility index (Phi) is 2.15. The van der Waals surface area contributed by atoms with Crippen molar-refractivity contribution in [3.05, 3.63) is 29.3 Å². The zero-order chi connectivity index (χ0) is 8.27. The van der Waals surface area contributed by atoms with Gasteiger partial charge in [-0.2, -0.15) is 0 Å². The van der Waals surface area contributed by atoms with Crippen molar-refractivity contribution in [1.82, 2.24) is 4.98 Å². The van der Waals surface area contributed by atoms with Gasteiger partial charge in [0, 0.05) is 11.8 Å². The largest absolute Gasteiger partial charge is 0.411 e. The Morgan fingerprint density at radius 3 is 3.09 bits per heavy atom. The normalized spacial score (nSPS) is 10.7. The topological polar surface area (TPSA) is 45.5 Å². The van der Waals surface area contributed by atoms with E-state index in [9.17, 15) is 4.39 Å². The van der Waals surface area contributed by atoms with E-state index in [-0.39, 0.29) is 5.56 Å². The van der Waals surface area contributed by atoms with Gasteiger partial charge in [0.2, 0.25) is 0 Å².